The van der Waals surface area contributed by atoms with E-state index >= 15 is 0 Å². The highest BCUT2D eigenvalue weighted by atomic mass is 16.5. The summed E-state index contributed by atoms with van der Waals surface area (Å²) in [6.45, 7) is 6.03. The maximum Gasteiger partial charge on any atom is 0.333 e. The summed E-state index contributed by atoms with van der Waals surface area (Å²) in [4.78, 5) is 11.2. The Kier molecular flexibility index (Phi) is 4.00. The molecular formula is C11H18O2. The molecule has 1 rings (SSSR count). The Morgan fingerprint density at radius 2 is 2.08 bits per heavy atom. The van der Waals surface area contributed by atoms with Crippen LogP contribution in [0.15, 0.2) is 12.2 Å². The molecular weight excluding hydrogens is 164 g/mol. The molecule has 0 radical (unpaired) electrons. The van der Waals surface area contributed by atoms with Gasteiger partial charge in [0.15, 0.2) is 0 Å². The first-order valence-corrected chi connectivity index (χ1v) is 5.09. The predicted octanol–water partition coefficient (Wildman–Crippen LogP) is 2.69. The normalized spacial score (nSPS) is 17.3. The van der Waals surface area contributed by atoms with Gasteiger partial charge in [-0.2, -0.15) is 0 Å². The number of rotatable bonds is 4. The van der Waals surface area contributed by atoms with E-state index in [9.17, 15) is 4.79 Å². The topological polar surface area (TPSA) is 26.3 Å². The number of carbonyl (C=O) groups excluding carboxylic acids is 1. The first-order chi connectivity index (χ1) is 6.24. The van der Waals surface area contributed by atoms with Crippen LogP contribution in [0.1, 0.15) is 39.0 Å². The lowest BCUT2D eigenvalue weighted by molar-refractivity contribution is -0.138. The van der Waals surface area contributed by atoms with Gasteiger partial charge in [-0.25, -0.2) is 4.79 Å². The zero-order valence-electron chi connectivity index (χ0n) is 8.34. The summed E-state index contributed by atoms with van der Waals surface area (Å²) in [7, 11) is 0. The molecule has 0 aromatic heterocycles. The van der Waals surface area contributed by atoms with E-state index < -0.39 is 0 Å². The third-order valence-electron chi connectivity index (χ3n) is 2.57. The number of carbonyl (C=O) groups is 1. The zero-order valence-corrected chi connectivity index (χ0v) is 8.34. The fraction of sp³-hybridized carbons (Fsp3) is 0.727. The van der Waals surface area contributed by atoms with Crippen molar-refractivity contribution >= 4 is 5.97 Å². The second kappa shape index (κ2) is 5.05. The fourth-order valence-corrected chi connectivity index (χ4v) is 1.88. The van der Waals surface area contributed by atoms with E-state index in [-0.39, 0.29) is 5.97 Å². The molecule has 1 saturated carbocycles. The van der Waals surface area contributed by atoms with Crippen molar-refractivity contribution in [2.45, 2.75) is 39.0 Å². The van der Waals surface area contributed by atoms with Crippen LogP contribution in [-0.2, 0) is 9.53 Å². The van der Waals surface area contributed by atoms with Gasteiger partial charge in [-0.1, -0.05) is 32.3 Å². The Labute approximate surface area is 80.0 Å². The van der Waals surface area contributed by atoms with E-state index in [0.29, 0.717) is 18.1 Å². The first kappa shape index (κ1) is 10.3. The first-order valence-electron chi connectivity index (χ1n) is 5.09. The molecule has 2 heteroatoms. The molecule has 1 aliphatic rings. The molecule has 0 aliphatic heterocycles. The van der Waals surface area contributed by atoms with Crippen molar-refractivity contribution in [3.63, 3.8) is 0 Å². The maximum atomic E-state index is 11.2. The van der Waals surface area contributed by atoms with Gasteiger partial charge in [0.2, 0.25) is 0 Å². The largest absolute Gasteiger partial charge is 0.463 e. The summed E-state index contributed by atoms with van der Waals surface area (Å²) < 4.78 is 4.88. The summed E-state index contributed by atoms with van der Waals surface area (Å²) >= 11 is 0. The molecule has 0 aromatic carbocycles. The SMILES string of the molecule is C=C(CC1CCCC1)C(=O)OCC. The van der Waals surface area contributed by atoms with E-state index in [4.69, 9.17) is 4.74 Å². The fourth-order valence-electron chi connectivity index (χ4n) is 1.88. The van der Waals surface area contributed by atoms with Crippen LogP contribution in [0.5, 0.6) is 0 Å². The standard InChI is InChI=1S/C11H18O2/c1-3-13-11(12)9(2)8-10-6-4-5-7-10/h10H,2-8H2,1H3. The minimum atomic E-state index is -0.214. The van der Waals surface area contributed by atoms with Crippen LogP contribution in [0, 0.1) is 5.92 Å². The second-order valence-electron chi connectivity index (χ2n) is 3.68. The van der Waals surface area contributed by atoms with E-state index in [1.54, 1.807) is 0 Å². The highest BCUT2D eigenvalue weighted by molar-refractivity contribution is 5.87. The van der Waals surface area contributed by atoms with Crippen molar-refractivity contribution in [1.82, 2.24) is 0 Å². The average molecular weight is 182 g/mol. The Morgan fingerprint density at radius 1 is 1.46 bits per heavy atom. The minimum absolute atomic E-state index is 0.214. The summed E-state index contributed by atoms with van der Waals surface area (Å²) in [6.07, 6.45) is 5.94. The number of hydrogen-bond donors (Lipinski definition) is 0. The quantitative estimate of drug-likeness (QED) is 0.493. The van der Waals surface area contributed by atoms with Crippen molar-refractivity contribution in [1.29, 1.82) is 0 Å². The van der Waals surface area contributed by atoms with Gasteiger partial charge in [0.05, 0.1) is 6.61 Å². The molecule has 0 heterocycles. The summed E-state index contributed by atoms with van der Waals surface area (Å²) in [6, 6.07) is 0. The van der Waals surface area contributed by atoms with Gasteiger partial charge >= 0.3 is 5.97 Å². The molecule has 0 unspecified atom stereocenters. The van der Waals surface area contributed by atoms with E-state index in [1.807, 2.05) is 6.92 Å². The Bertz CT molecular complexity index is 190. The molecule has 0 atom stereocenters. The highest BCUT2D eigenvalue weighted by Gasteiger charge is 2.18. The lowest BCUT2D eigenvalue weighted by Gasteiger charge is -2.09. The van der Waals surface area contributed by atoms with Crippen LogP contribution in [0.4, 0.5) is 0 Å². The van der Waals surface area contributed by atoms with Gasteiger partial charge in [-0.15, -0.1) is 0 Å². The molecule has 0 saturated heterocycles. The van der Waals surface area contributed by atoms with Gasteiger partial charge < -0.3 is 4.74 Å². The van der Waals surface area contributed by atoms with Crippen LogP contribution in [0.25, 0.3) is 0 Å². The van der Waals surface area contributed by atoms with Crippen LogP contribution >= 0.6 is 0 Å². The second-order valence-corrected chi connectivity index (χ2v) is 3.68. The molecule has 0 spiro atoms. The number of hydrogen-bond acceptors (Lipinski definition) is 2. The van der Waals surface area contributed by atoms with Crippen LogP contribution < -0.4 is 0 Å². The van der Waals surface area contributed by atoms with Crippen molar-refractivity contribution in [2.75, 3.05) is 6.61 Å². The molecule has 1 aliphatic carbocycles. The lowest BCUT2D eigenvalue weighted by atomic mass is 9.99. The van der Waals surface area contributed by atoms with Gasteiger partial charge in [0.1, 0.15) is 0 Å². The number of ether oxygens (including phenoxy) is 1. The van der Waals surface area contributed by atoms with Crippen molar-refractivity contribution < 1.29 is 9.53 Å². The average Bonchev–Trinajstić information content (AvgIpc) is 2.57. The molecule has 74 valence electrons. The third kappa shape index (κ3) is 3.21. The summed E-state index contributed by atoms with van der Waals surface area (Å²) in [5.74, 6) is 0.464. The van der Waals surface area contributed by atoms with Crippen LogP contribution in [0.2, 0.25) is 0 Å². The molecule has 13 heavy (non-hydrogen) atoms. The van der Waals surface area contributed by atoms with Gasteiger partial charge in [-0.05, 0) is 19.3 Å². The highest BCUT2D eigenvalue weighted by Crippen LogP contribution is 2.29. The molecule has 0 aromatic rings. The smallest absolute Gasteiger partial charge is 0.333 e. The van der Waals surface area contributed by atoms with Crippen molar-refractivity contribution in [2.24, 2.45) is 5.92 Å². The maximum absolute atomic E-state index is 11.2. The Hall–Kier alpha value is -0.790. The molecule has 0 amide bonds. The van der Waals surface area contributed by atoms with E-state index in [2.05, 4.69) is 6.58 Å². The van der Waals surface area contributed by atoms with Gasteiger partial charge in [0.25, 0.3) is 0 Å². The molecule has 0 N–H and O–H groups in total. The minimum Gasteiger partial charge on any atom is -0.463 e. The summed E-state index contributed by atoms with van der Waals surface area (Å²) in [5.41, 5.74) is 0.647. The monoisotopic (exact) mass is 182 g/mol. The number of esters is 1. The Balaban J connectivity index is 2.27. The molecule has 2 nitrogen and oxygen atoms in total. The van der Waals surface area contributed by atoms with Crippen LogP contribution in [0.3, 0.4) is 0 Å². The zero-order chi connectivity index (χ0) is 9.68. The predicted molar refractivity (Wildman–Crippen MR) is 52.3 cm³/mol. The lowest BCUT2D eigenvalue weighted by Crippen LogP contribution is -2.09. The van der Waals surface area contributed by atoms with Gasteiger partial charge in [-0.3, -0.25) is 0 Å². The van der Waals surface area contributed by atoms with E-state index in [1.165, 1.54) is 25.7 Å². The van der Waals surface area contributed by atoms with Crippen molar-refractivity contribution in [3.8, 4) is 0 Å². The Morgan fingerprint density at radius 3 is 2.62 bits per heavy atom. The molecule has 1 fully saturated rings. The van der Waals surface area contributed by atoms with E-state index in [0.717, 1.165) is 6.42 Å². The summed E-state index contributed by atoms with van der Waals surface area (Å²) in [5, 5.41) is 0. The van der Waals surface area contributed by atoms with Crippen LogP contribution in [-0.4, -0.2) is 12.6 Å². The third-order valence-corrected chi connectivity index (χ3v) is 2.57. The van der Waals surface area contributed by atoms with Crippen molar-refractivity contribution in [3.05, 3.63) is 12.2 Å². The van der Waals surface area contributed by atoms with Gasteiger partial charge in [0, 0.05) is 5.57 Å². The molecule has 0 bridgehead atoms.